The lowest BCUT2D eigenvalue weighted by atomic mass is 9.47. The van der Waals surface area contributed by atoms with Crippen LogP contribution in [0.2, 0.25) is 0 Å². The van der Waals surface area contributed by atoms with Gasteiger partial charge in [0.1, 0.15) is 22.9 Å². The van der Waals surface area contributed by atoms with Crippen LogP contribution in [-0.4, -0.2) is 122 Å². The summed E-state index contributed by atoms with van der Waals surface area (Å²) in [6.07, 6.45) is 9.42. The van der Waals surface area contributed by atoms with Crippen molar-refractivity contribution in [3.05, 3.63) is 82.6 Å². The van der Waals surface area contributed by atoms with E-state index in [1.54, 1.807) is 14.0 Å². The first-order valence-electron chi connectivity index (χ1n) is 22.0. The molecule has 6 heterocycles. The number of esters is 2. The maximum atomic E-state index is 15.4. The highest BCUT2D eigenvalue weighted by Gasteiger charge is 2.78. The Morgan fingerprint density at radius 3 is 2.57 bits per heavy atom. The zero-order valence-corrected chi connectivity index (χ0v) is 36.2. The third-order valence-corrected chi connectivity index (χ3v) is 15.5. The zero-order valence-electron chi connectivity index (χ0n) is 36.2. The molecule has 5 aliphatic heterocycles. The number of likely N-dealkylation sites (N-methyl/N-ethyl adjacent to an activating group) is 1. The van der Waals surface area contributed by atoms with E-state index in [1.807, 2.05) is 13.1 Å². The van der Waals surface area contributed by atoms with Gasteiger partial charge in [-0.25, -0.2) is 0 Å². The molecule has 9 rings (SSSR count). The Morgan fingerprint density at radius 2 is 1.85 bits per heavy atom. The van der Waals surface area contributed by atoms with Crippen LogP contribution in [0.25, 0.3) is 10.9 Å². The van der Waals surface area contributed by atoms with Crippen LogP contribution >= 0.6 is 0 Å². The Balaban J connectivity index is 1.35. The minimum absolute atomic E-state index is 0.0429. The third kappa shape index (κ3) is 5.55. The van der Waals surface area contributed by atoms with Gasteiger partial charge < -0.3 is 34.5 Å². The molecule has 6 aliphatic rings. The van der Waals surface area contributed by atoms with Gasteiger partial charge in [-0.2, -0.15) is 0 Å². The quantitative estimate of drug-likeness (QED) is 0.197. The molecule has 3 aromatic rings. The van der Waals surface area contributed by atoms with Crippen molar-refractivity contribution in [1.29, 1.82) is 0 Å². The minimum atomic E-state index is -1.72. The van der Waals surface area contributed by atoms with Crippen LogP contribution in [0.15, 0.2) is 60.2 Å². The van der Waals surface area contributed by atoms with Gasteiger partial charge in [0.25, 0.3) is 0 Å². The molecular formula is C48H61N5O7. The molecule has 2 unspecified atom stereocenters. The van der Waals surface area contributed by atoms with Crippen molar-refractivity contribution in [3.8, 4) is 5.75 Å². The van der Waals surface area contributed by atoms with Gasteiger partial charge in [-0.15, -0.1) is 0 Å². The number of H-pyrrole nitrogens is 1. The van der Waals surface area contributed by atoms with Crippen LogP contribution in [0.3, 0.4) is 0 Å². The number of amides is 1. The molecule has 12 nitrogen and oxygen atoms in total. The summed E-state index contributed by atoms with van der Waals surface area (Å²) in [7, 11) is 5.14. The standard InChI is InChI=1S/C48H61N5O7/c1-8-30-22-31-25-47(44(56)59-7,40-33(16-20-52(26-30)27-31)32-14-11-12-15-36(32)50-40)35-23-34-37(24-38(35)58-6)51(5)42-46(34)18-21-53-19-13-17-45(10-3,41(46)53)43(60-29(4)54)48(42,57)28-49-39(55)9-2/h11-15,17,22-24,31,41-43,50,57H,8-10,16,18-21,25-28H2,1-7H3,(H,49,55)/t31-,41-,42+,43+,45+,46+,47-,48?/m0/s1. The van der Waals surface area contributed by atoms with E-state index in [4.69, 9.17) is 14.2 Å². The van der Waals surface area contributed by atoms with Crippen LogP contribution in [0.4, 0.5) is 5.69 Å². The first-order chi connectivity index (χ1) is 28.9. The number of carbonyl (C=O) groups is 3. The number of methoxy groups -OCH3 is 2. The SMILES string of the molecule is CCC(=O)NCC1(O)[C@H](OC(C)=O)[C@]2(CC)C=CCN3CC[C@@]4(c5cc([C@@]6(C(=O)OC)C[C@@H]7C=C(CC)CN(CCc8c6[nH]c6ccccc86)C7)c(OC)cc5N(C)[C@@H]14)[C@@H]32. The Morgan fingerprint density at radius 1 is 1.05 bits per heavy atom. The number of benzene rings is 2. The molecule has 3 N–H and O–H groups in total. The lowest BCUT2D eigenvalue weighted by molar-refractivity contribution is -0.217. The van der Waals surface area contributed by atoms with Gasteiger partial charge in [-0.3, -0.25) is 24.2 Å². The molecule has 2 bridgehead atoms. The molecule has 1 aliphatic carbocycles. The van der Waals surface area contributed by atoms with Crippen LogP contribution < -0.4 is 15.0 Å². The largest absolute Gasteiger partial charge is 0.496 e. The molecule has 9 atom stereocenters. The summed E-state index contributed by atoms with van der Waals surface area (Å²) >= 11 is 0. The topological polar surface area (TPSA) is 137 Å². The second-order valence-electron chi connectivity index (χ2n) is 18.3. The van der Waals surface area contributed by atoms with Gasteiger partial charge in [-0.05, 0) is 67.8 Å². The van der Waals surface area contributed by atoms with Crippen molar-refractivity contribution in [2.75, 3.05) is 65.4 Å². The van der Waals surface area contributed by atoms with Gasteiger partial charge in [0, 0.05) is 97.4 Å². The number of rotatable bonds is 9. The fraction of sp³-hybridized carbons (Fsp3) is 0.562. The van der Waals surface area contributed by atoms with Gasteiger partial charge in [0.15, 0.2) is 0 Å². The number of ether oxygens (including phenoxy) is 3. The summed E-state index contributed by atoms with van der Waals surface area (Å²) in [6, 6.07) is 11.8. The van der Waals surface area contributed by atoms with Crippen LogP contribution in [0, 0.1) is 11.3 Å². The number of aromatic nitrogens is 1. The smallest absolute Gasteiger partial charge is 0.322 e. The van der Waals surface area contributed by atoms with E-state index in [0.29, 0.717) is 25.0 Å². The van der Waals surface area contributed by atoms with E-state index in [2.05, 4.69) is 87.4 Å². The molecule has 12 heteroatoms. The van der Waals surface area contributed by atoms with Gasteiger partial charge >= 0.3 is 11.9 Å². The fourth-order valence-electron chi connectivity index (χ4n) is 13.4. The van der Waals surface area contributed by atoms with Gasteiger partial charge in [0.05, 0.1) is 26.8 Å². The highest BCUT2D eigenvalue weighted by molar-refractivity contribution is 5.94. The zero-order chi connectivity index (χ0) is 42.4. The van der Waals surface area contributed by atoms with E-state index in [1.165, 1.54) is 19.6 Å². The van der Waals surface area contributed by atoms with Crippen molar-refractivity contribution in [3.63, 3.8) is 0 Å². The molecule has 1 aromatic heterocycles. The number of hydrogen-bond acceptors (Lipinski definition) is 10. The average Bonchev–Trinajstić information content (AvgIpc) is 3.92. The minimum Gasteiger partial charge on any atom is -0.496 e. The number of para-hydroxylation sites is 1. The summed E-state index contributed by atoms with van der Waals surface area (Å²) in [4.78, 5) is 52.5. The number of nitrogens with zero attached hydrogens (tertiary/aromatic N) is 3. The predicted molar refractivity (Wildman–Crippen MR) is 230 cm³/mol. The van der Waals surface area contributed by atoms with Crippen LogP contribution in [-0.2, 0) is 41.1 Å². The first kappa shape index (κ1) is 40.7. The van der Waals surface area contributed by atoms with E-state index in [9.17, 15) is 14.7 Å². The van der Waals surface area contributed by atoms with Crippen LogP contribution in [0.1, 0.15) is 82.2 Å². The maximum absolute atomic E-state index is 15.4. The summed E-state index contributed by atoms with van der Waals surface area (Å²) in [5, 5.41) is 17.8. The second kappa shape index (κ2) is 14.8. The number of fused-ring (bicyclic) bond motifs is 6. The maximum Gasteiger partial charge on any atom is 0.322 e. The molecule has 2 aromatic carbocycles. The molecule has 1 saturated carbocycles. The summed E-state index contributed by atoms with van der Waals surface area (Å²) in [5.41, 5.74) is 2.35. The van der Waals surface area contributed by atoms with Crippen molar-refractivity contribution < 1.29 is 33.7 Å². The van der Waals surface area contributed by atoms with E-state index < -0.39 is 40.0 Å². The van der Waals surface area contributed by atoms with Crippen LogP contribution in [0.5, 0.6) is 5.75 Å². The van der Waals surface area contributed by atoms with Gasteiger partial charge in [-0.1, -0.05) is 62.8 Å². The summed E-state index contributed by atoms with van der Waals surface area (Å²) in [5.74, 6) is -0.439. The molecule has 1 amide bonds. The van der Waals surface area contributed by atoms with Crippen molar-refractivity contribution in [1.82, 2.24) is 20.1 Å². The van der Waals surface area contributed by atoms with E-state index in [-0.39, 0.29) is 36.8 Å². The lowest BCUT2D eigenvalue weighted by Crippen LogP contribution is -2.81. The Hall–Kier alpha value is -4.65. The molecule has 60 heavy (non-hydrogen) atoms. The predicted octanol–water partition coefficient (Wildman–Crippen LogP) is 5.15. The summed E-state index contributed by atoms with van der Waals surface area (Å²) in [6.45, 7) is 11.4. The molecular weight excluding hydrogens is 759 g/mol. The highest BCUT2D eigenvalue weighted by Crippen LogP contribution is 2.68. The monoisotopic (exact) mass is 819 g/mol. The Bertz CT molecular complexity index is 2300. The molecule has 1 saturated heterocycles. The highest BCUT2D eigenvalue weighted by atomic mass is 16.6. The second-order valence-corrected chi connectivity index (χ2v) is 18.3. The normalized spacial score (nSPS) is 34.0. The lowest BCUT2D eigenvalue weighted by Gasteiger charge is -2.64. The summed E-state index contributed by atoms with van der Waals surface area (Å²) < 4.78 is 18.8. The molecule has 2 fully saturated rings. The number of nitrogens with one attached hydrogen (secondary N) is 2. The Labute approximate surface area is 353 Å². The Kier molecular flexibility index (Phi) is 10.0. The number of carbonyl (C=O) groups excluding carboxylic acids is 3. The van der Waals surface area contributed by atoms with E-state index >= 15 is 4.79 Å². The van der Waals surface area contributed by atoms with E-state index in [0.717, 1.165) is 84.5 Å². The number of anilines is 1. The number of aromatic amines is 1. The van der Waals surface area contributed by atoms with Crippen molar-refractivity contribution >= 4 is 34.4 Å². The number of aliphatic hydroxyl groups is 1. The molecule has 0 radical (unpaired) electrons. The van der Waals surface area contributed by atoms with Gasteiger partial charge in [0.2, 0.25) is 5.91 Å². The fourth-order valence-corrected chi connectivity index (χ4v) is 13.4. The van der Waals surface area contributed by atoms with Crippen molar-refractivity contribution in [2.24, 2.45) is 11.3 Å². The third-order valence-electron chi connectivity index (χ3n) is 15.5. The average molecular weight is 820 g/mol. The first-order valence-corrected chi connectivity index (χ1v) is 22.0. The number of hydrogen-bond donors (Lipinski definition) is 3. The molecule has 1 spiro atoms. The van der Waals surface area contributed by atoms with Crippen molar-refractivity contribution in [2.45, 2.75) is 101 Å². The molecule has 320 valence electrons.